The summed E-state index contributed by atoms with van der Waals surface area (Å²) < 4.78 is 0. The van der Waals surface area contributed by atoms with Crippen LogP contribution >= 0.6 is 0 Å². The average molecular weight is 248 g/mol. The molecule has 1 spiro atoms. The lowest BCUT2D eigenvalue weighted by atomic mass is 9.73. The number of nitrogens with zero attached hydrogens (tertiary/aromatic N) is 3. The molecule has 0 amide bonds. The van der Waals surface area contributed by atoms with Crippen LogP contribution in [0.5, 0.6) is 0 Å². The fourth-order valence-electron chi connectivity index (χ4n) is 2.74. The van der Waals surface area contributed by atoms with Gasteiger partial charge in [0.15, 0.2) is 6.20 Å². The van der Waals surface area contributed by atoms with E-state index in [1.807, 2.05) is 0 Å². The largest absolute Gasteiger partial charge is 0.368 e. The topological polar surface area (TPSA) is 71.3 Å². The molecule has 0 radical (unpaired) electrons. The van der Waals surface area contributed by atoms with Crippen molar-refractivity contribution in [2.24, 2.45) is 5.41 Å². The van der Waals surface area contributed by atoms with E-state index in [2.05, 4.69) is 15.2 Å². The van der Waals surface area contributed by atoms with Gasteiger partial charge in [0.2, 0.25) is 0 Å². The van der Waals surface area contributed by atoms with E-state index < -0.39 is 4.92 Å². The Morgan fingerprint density at radius 3 is 2.50 bits per heavy atom. The number of nitro groups is 1. The second kappa shape index (κ2) is 4.20. The Morgan fingerprint density at radius 1 is 1.33 bits per heavy atom. The van der Waals surface area contributed by atoms with E-state index in [1.54, 1.807) is 12.3 Å². The van der Waals surface area contributed by atoms with Crippen molar-refractivity contribution in [1.82, 2.24) is 10.3 Å². The molecule has 1 aromatic heterocycles. The minimum Gasteiger partial charge on any atom is -0.368 e. The minimum atomic E-state index is -0.463. The number of nitrogens with one attached hydrogen (secondary N) is 1. The second-order valence-electron chi connectivity index (χ2n) is 5.22. The van der Waals surface area contributed by atoms with Crippen LogP contribution in [-0.2, 0) is 0 Å². The Hall–Kier alpha value is -1.69. The molecule has 0 aromatic carbocycles. The number of aromatic nitrogens is 1. The maximum atomic E-state index is 10.5. The van der Waals surface area contributed by atoms with Crippen LogP contribution in [0.3, 0.4) is 0 Å². The van der Waals surface area contributed by atoms with Gasteiger partial charge in [0.05, 0.1) is 5.69 Å². The normalized spacial score (nSPS) is 21.7. The summed E-state index contributed by atoms with van der Waals surface area (Å²) >= 11 is 0. The molecule has 96 valence electrons. The molecule has 6 nitrogen and oxygen atoms in total. The Kier molecular flexibility index (Phi) is 2.66. The molecule has 2 fully saturated rings. The predicted molar refractivity (Wildman–Crippen MR) is 67.6 cm³/mol. The van der Waals surface area contributed by atoms with Crippen LogP contribution in [0.25, 0.3) is 0 Å². The van der Waals surface area contributed by atoms with Gasteiger partial charge in [-0.1, -0.05) is 0 Å². The van der Waals surface area contributed by atoms with Crippen molar-refractivity contribution in [3.8, 4) is 0 Å². The lowest BCUT2D eigenvalue weighted by Crippen LogP contribution is -2.58. The van der Waals surface area contributed by atoms with Crippen LogP contribution in [0, 0.1) is 15.5 Å². The number of piperidine rings is 1. The lowest BCUT2D eigenvalue weighted by molar-refractivity contribution is -0.389. The Morgan fingerprint density at radius 2 is 2.06 bits per heavy atom. The Labute approximate surface area is 105 Å². The van der Waals surface area contributed by atoms with Crippen LogP contribution in [-0.4, -0.2) is 36.1 Å². The molecule has 0 atom stereocenters. The highest BCUT2D eigenvalue weighted by Crippen LogP contribution is 2.36. The van der Waals surface area contributed by atoms with E-state index in [4.69, 9.17) is 0 Å². The van der Waals surface area contributed by atoms with Gasteiger partial charge in [0.1, 0.15) is 0 Å². The summed E-state index contributed by atoms with van der Waals surface area (Å²) in [5.74, 6) is -0.0876. The highest BCUT2D eigenvalue weighted by atomic mass is 16.6. The maximum Gasteiger partial charge on any atom is 0.363 e. The lowest BCUT2D eigenvalue weighted by Gasteiger charge is -2.48. The summed E-state index contributed by atoms with van der Waals surface area (Å²) in [5.41, 5.74) is 1.51. The highest BCUT2D eigenvalue weighted by Gasteiger charge is 2.39. The first-order chi connectivity index (χ1) is 8.69. The average Bonchev–Trinajstić information content (AvgIpc) is 2.37. The van der Waals surface area contributed by atoms with Gasteiger partial charge in [-0.15, -0.1) is 0 Å². The first-order valence-electron chi connectivity index (χ1n) is 6.25. The van der Waals surface area contributed by atoms with Crippen molar-refractivity contribution >= 4 is 11.5 Å². The van der Waals surface area contributed by atoms with Gasteiger partial charge in [0, 0.05) is 32.2 Å². The molecule has 6 heteroatoms. The summed E-state index contributed by atoms with van der Waals surface area (Å²) in [4.78, 5) is 16.2. The monoisotopic (exact) mass is 248 g/mol. The summed E-state index contributed by atoms with van der Waals surface area (Å²) in [6, 6.07) is 3.27. The molecule has 2 saturated heterocycles. The second-order valence-corrected chi connectivity index (χ2v) is 5.22. The smallest absolute Gasteiger partial charge is 0.363 e. The number of pyridine rings is 1. The molecule has 1 aromatic rings. The standard InChI is InChI=1S/C12H16N4O2/c17-16(18)11-2-1-10(7-14-11)15-5-3-12(4-6-15)8-13-9-12/h1-2,7,13H,3-6,8-9H2. The number of hydrogen-bond acceptors (Lipinski definition) is 5. The zero-order valence-corrected chi connectivity index (χ0v) is 10.1. The van der Waals surface area contributed by atoms with E-state index in [-0.39, 0.29) is 5.82 Å². The SMILES string of the molecule is O=[N+]([O-])c1ccc(N2CCC3(CC2)CNC3)cn1. The third-order valence-corrected chi connectivity index (χ3v) is 4.11. The van der Waals surface area contributed by atoms with Crippen LogP contribution in [0.4, 0.5) is 11.5 Å². The first kappa shape index (κ1) is 11.4. The van der Waals surface area contributed by atoms with E-state index in [9.17, 15) is 10.1 Å². The molecule has 0 saturated carbocycles. The van der Waals surface area contributed by atoms with Crippen molar-refractivity contribution < 1.29 is 4.92 Å². The molecular weight excluding hydrogens is 232 g/mol. The molecule has 2 aliphatic heterocycles. The highest BCUT2D eigenvalue weighted by molar-refractivity contribution is 5.47. The zero-order chi connectivity index (χ0) is 12.6. The van der Waals surface area contributed by atoms with Gasteiger partial charge in [0.25, 0.3) is 0 Å². The molecule has 2 aliphatic rings. The molecule has 1 N–H and O–H groups in total. The van der Waals surface area contributed by atoms with Gasteiger partial charge in [-0.3, -0.25) is 0 Å². The van der Waals surface area contributed by atoms with Gasteiger partial charge in [-0.2, -0.15) is 0 Å². The van der Waals surface area contributed by atoms with E-state index >= 15 is 0 Å². The third kappa shape index (κ3) is 1.92. The number of anilines is 1. The summed E-state index contributed by atoms with van der Waals surface area (Å²) in [6.07, 6.45) is 3.99. The van der Waals surface area contributed by atoms with Crippen LogP contribution in [0.2, 0.25) is 0 Å². The van der Waals surface area contributed by atoms with E-state index in [1.165, 1.54) is 18.9 Å². The van der Waals surface area contributed by atoms with Gasteiger partial charge < -0.3 is 20.3 Å². The minimum absolute atomic E-state index is 0.0876. The first-order valence-corrected chi connectivity index (χ1v) is 6.25. The van der Waals surface area contributed by atoms with Crippen molar-refractivity contribution in [1.29, 1.82) is 0 Å². The van der Waals surface area contributed by atoms with Gasteiger partial charge in [-0.05, 0) is 34.2 Å². The number of hydrogen-bond donors (Lipinski definition) is 1. The number of rotatable bonds is 2. The quantitative estimate of drug-likeness (QED) is 0.628. The van der Waals surface area contributed by atoms with Crippen LogP contribution < -0.4 is 10.2 Å². The van der Waals surface area contributed by atoms with Crippen molar-refractivity contribution in [3.63, 3.8) is 0 Å². The maximum absolute atomic E-state index is 10.5. The van der Waals surface area contributed by atoms with Crippen molar-refractivity contribution in [2.45, 2.75) is 12.8 Å². The van der Waals surface area contributed by atoms with Crippen molar-refractivity contribution in [3.05, 3.63) is 28.4 Å². The van der Waals surface area contributed by atoms with E-state index in [0.29, 0.717) is 5.41 Å². The van der Waals surface area contributed by atoms with Gasteiger partial charge >= 0.3 is 5.82 Å². The molecule has 0 unspecified atom stereocenters. The third-order valence-electron chi connectivity index (χ3n) is 4.11. The molecule has 3 rings (SSSR count). The molecular formula is C12H16N4O2. The van der Waals surface area contributed by atoms with Gasteiger partial charge in [-0.25, -0.2) is 0 Å². The Balaban J connectivity index is 1.67. The van der Waals surface area contributed by atoms with Crippen molar-refractivity contribution in [2.75, 3.05) is 31.1 Å². The Bertz CT molecular complexity index is 446. The molecule has 0 aliphatic carbocycles. The van der Waals surface area contributed by atoms with Crippen LogP contribution in [0.15, 0.2) is 18.3 Å². The fourth-order valence-corrected chi connectivity index (χ4v) is 2.74. The van der Waals surface area contributed by atoms with E-state index in [0.717, 1.165) is 31.9 Å². The fraction of sp³-hybridized carbons (Fsp3) is 0.583. The molecule has 18 heavy (non-hydrogen) atoms. The zero-order valence-electron chi connectivity index (χ0n) is 10.1. The molecule has 0 bridgehead atoms. The summed E-state index contributed by atoms with van der Waals surface area (Å²) in [6.45, 7) is 4.31. The summed E-state index contributed by atoms with van der Waals surface area (Å²) in [7, 11) is 0. The predicted octanol–water partition coefficient (Wildman–Crippen LogP) is 1.18. The molecule has 3 heterocycles. The summed E-state index contributed by atoms with van der Waals surface area (Å²) in [5, 5.41) is 13.9. The van der Waals surface area contributed by atoms with Crippen LogP contribution in [0.1, 0.15) is 12.8 Å².